The lowest BCUT2D eigenvalue weighted by Crippen LogP contribution is -2.44. The van der Waals surface area contributed by atoms with E-state index in [9.17, 15) is 14.4 Å². The van der Waals surface area contributed by atoms with E-state index in [0.717, 1.165) is 57.1 Å². The van der Waals surface area contributed by atoms with Crippen molar-refractivity contribution in [3.63, 3.8) is 0 Å². The molecule has 8 nitrogen and oxygen atoms in total. The number of imide groups is 1. The molecule has 0 spiro atoms. The number of hydroxylamine groups is 2. The number of unbranched alkanes of at least 4 members (excludes halogenated alkanes) is 2. The minimum absolute atomic E-state index is 0.000387. The van der Waals surface area contributed by atoms with E-state index in [1.54, 1.807) is 11.3 Å². The fourth-order valence-electron chi connectivity index (χ4n) is 5.01. The van der Waals surface area contributed by atoms with Crippen LogP contribution in [-0.2, 0) is 19.2 Å². The molecule has 3 unspecified atom stereocenters. The predicted octanol–water partition coefficient (Wildman–Crippen LogP) is 2.10. The Morgan fingerprint density at radius 3 is 2.60 bits per heavy atom. The molecule has 3 fully saturated rings. The van der Waals surface area contributed by atoms with Gasteiger partial charge < -0.3 is 5.73 Å². The molecule has 30 heavy (non-hydrogen) atoms. The molecule has 1 aliphatic carbocycles. The van der Waals surface area contributed by atoms with Gasteiger partial charge in [-0.1, -0.05) is 31.7 Å². The molecular weight excluding hydrogens is 384 g/mol. The van der Waals surface area contributed by atoms with Gasteiger partial charge in [0, 0.05) is 25.2 Å². The van der Waals surface area contributed by atoms with E-state index < -0.39 is 12.0 Å². The maximum atomic E-state index is 13.4. The van der Waals surface area contributed by atoms with Crippen molar-refractivity contribution in [2.24, 2.45) is 11.7 Å². The van der Waals surface area contributed by atoms with Crippen molar-refractivity contribution in [2.45, 2.75) is 76.0 Å². The Morgan fingerprint density at radius 1 is 1.10 bits per heavy atom. The Kier molecular flexibility index (Phi) is 6.43. The molecule has 4 rings (SSSR count). The number of nitrogens with zero attached hydrogens (tertiary/aromatic N) is 3. The standard InChI is InChI=1S/C22H30N4O4/c23-17(27)12-5-2-8-14-25-19(16-11-6-7-13-24-16)18-20(30-25)22(29)26(21(18)28)15-9-3-1-4-10-15/h6-7,11,13,15,18-20H,1-5,8-10,12,14H2,(H2,23,27). The maximum Gasteiger partial charge on any atom is 0.261 e. The van der Waals surface area contributed by atoms with Crippen LogP contribution in [-0.4, -0.2) is 51.4 Å². The molecule has 2 aliphatic heterocycles. The SMILES string of the molecule is NC(=O)CCCCCN1OC2C(=O)N(C3CCCCC3)C(=O)C2C1c1ccccn1. The monoisotopic (exact) mass is 414 g/mol. The summed E-state index contributed by atoms with van der Waals surface area (Å²) in [5.74, 6) is -1.18. The highest BCUT2D eigenvalue weighted by molar-refractivity contribution is 6.07. The highest BCUT2D eigenvalue weighted by Gasteiger charge is 2.60. The van der Waals surface area contributed by atoms with Gasteiger partial charge in [0.05, 0.1) is 17.7 Å². The predicted molar refractivity (Wildman–Crippen MR) is 108 cm³/mol. The third-order valence-corrected chi connectivity index (χ3v) is 6.46. The second-order valence-corrected chi connectivity index (χ2v) is 8.51. The van der Waals surface area contributed by atoms with Crippen LogP contribution in [0, 0.1) is 5.92 Å². The van der Waals surface area contributed by atoms with E-state index >= 15 is 0 Å². The third kappa shape index (κ3) is 4.11. The summed E-state index contributed by atoms with van der Waals surface area (Å²) < 4.78 is 0. The first-order valence-electron chi connectivity index (χ1n) is 11.1. The highest BCUT2D eigenvalue weighted by Crippen LogP contribution is 2.45. The summed E-state index contributed by atoms with van der Waals surface area (Å²) in [6, 6.07) is 5.23. The largest absolute Gasteiger partial charge is 0.370 e. The topological polar surface area (TPSA) is 106 Å². The zero-order valence-corrected chi connectivity index (χ0v) is 17.2. The zero-order chi connectivity index (χ0) is 21.1. The van der Waals surface area contributed by atoms with Crippen LogP contribution < -0.4 is 5.73 Å². The van der Waals surface area contributed by atoms with Gasteiger partial charge in [-0.25, -0.2) is 0 Å². The molecule has 0 aromatic carbocycles. The van der Waals surface area contributed by atoms with Gasteiger partial charge in [-0.15, -0.1) is 0 Å². The zero-order valence-electron chi connectivity index (χ0n) is 17.2. The molecule has 8 heteroatoms. The number of primary amides is 1. The van der Waals surface area contributed by atoms with Gasteiger partial charge in [0.1, 0.15) is 0 Å². The average Bonchev–Trinajstić information content (AvgIpc) is 3.24. The summed E-state index contributed by atoms with van der Waals surface area (Å²) >= 11 is 0. The molecular formula is C22H30N4O4. The first kappa shape index (κ1) is 20.9. The molecule has 3 aliphatic rings. The van der Waals surface area contributed by atoms with Crippen LogP contribution in [0.15, 0.2) is 24.4 Å². The third-order valence-electron chi connectivity index (χ3n) is 6.46. The Balaban J connectivity index is 1.50. The minimum atomic E-state index is -0.767. The van der Waals surface area contributed by atoms with Gasteiger partial charge >= 0.3 is 0 Å². The second kappa shape index (κ2) is 9.22. The summed E-state index contributed by atoms with van der Waals surface area (Å²) in [4.78, 5) is 49.5. The number of hydrogen-bond acceptors (Lipinski definition) is 6. The molecule has 0 bridgehead atoms. The van der Waals surface area contributed by atoms with E-state index in [4.69, 9.17) is 10.6 Å². The summed E-state index contributed by atoms with van der Waals surface area (Å²) in [7, 11) is 0. The number of carbonyl (C=O) groups is 3. The number of rotatable bonds is 8. The molecule has 1 saturated carbocycles. The van der Waals surface area contributed by atoms with Crippen molar-refractivity contribution in [1.29, 1.82) is 0 Å². The van der Waals surface area contributed by atoms with Crippen molar-refractivity contribution in [3.8, 4) is 0 Å². The van der Waals surface area contributed by atoms with E-state index in [1.807, 2.05) is 18.2 Å². The smallest absolute Gasteiger partial charge is 0.261 e. The summed E-state index contributed by atoms with van der Waals surface area (Å²) in [5.41, 5.74) is 5.94. The van der Waals surface area contributed by atoms with Crippen LogP contribution in [0.3, 0.4) is 0 Å². The molecule has 3 atom stereocenters. The van der Waals surface area contributed by atoms with E-state index in [1.165, 1.54) is 4.90 Å². The van der Waals surface area contributed by atoms with Crippen molar-refractivity contribution in [2.75, 3.05) is 6.54 Å². The Bertz CT molecular complexity index is 781. The molecule has 2 saturated heterocycles. The Labute approximate surface area is 176 Å². The molecule has 3 heterocycles. The normalized spacial score (nSPS) is 27.6. The van der Waals surface area contributed by atoms with Gasteiger partial charge in [-0.3, -0.25) is 29.1 Å². The van der Waals surface area contributed by atoms with Gasteiger partial charge in [0.2, 0.25) is 11.8 Å². The summed E-state index contributed by atoms with van der Waals surface area (Å²) in [6.45, 7) is 0.566. The molecule has 0 radical (unpaired) electrons. The molecule has 1 aromatic heterocycles. The number of nitrogens with two attached hydrogens (primary N) is 1. The summed E-state index contributed by atoms with van der Waals surface area (Å²) in [6.07, 6.45) is 8.66. The molecule has 1 aromatic rings. The highest BCUT2D eigenvalue weighted by atomic mass is 16.7. The first-order chi connectivity index (χ1) is 14.6. The molecule has 3 amide bonds. The van der Waals surface area contributed by atoms with E-state index in [0.29, 0.717) is 13.0 Å². The number of fused-ring (bicyclic) bond motifs is 1. The van der Waals surface area contributed by atoms with Crippen LogP contribution >= 0.6 is 0 Å². The minimum Gasteiger partial charge on any atom is -0.370 e. The second-order valence-electron chi connectivity index (χ2n) is 8.51. The van der Waals surface area contributed by atoms with Crippen LogP contribution in [0.5, 0.6) is 0 Å². The van der Waals surface area contributed by atoms with Crippen LogP contribution in [0.1, 0.15) is 69.5 Å². The van der Waals surface area contributed by atoms with Gasteiger partial charge in [-0.05, 0) is 37.8 Å². The van der Waals surface area contributed by atoms with Crippen molar-refractivity contribution >= 4 is 17.7 Å². The molecule has 162 valence electrons. The Morgan fingerprint density at radius 2 is 1.90 bits per heavy atom. The first-order valence-corrected chi connectivity index (χ1v) is 11.1. The van der Waals surface area contributed by atoms with Gasteiger partial charge in [0.15, 0.2) is 6.10 Å². The average molecular weight is 415 g/mol. The Hall–Kier alpha value is -2.32. The van der Waals surface area contributed by atoms with Crippen LogP contribution in [0.4, 0.5) is 0 Å². The fourth-order valence-corrected chi connectivity index (χ4v) is 5.01. The number of amides is 3. The lowest BCUT2D eigenvalue weighted by atomic mass is 9.92. The van der Waals surface area contributed by atoms with E-state index in [-0.39, 0.29) is 29.8 Å². The fraction of sp³-hybridized carbons (Fsp3) is 0.636. The van der Waals surface area contributed by atoms with Crippen molar-refractivity contribution < 1.29 is 19.2 Å². The quantitative estimate of drug-likeness (QED) is 0.516. The molecule has 2 N–H and O–H groups in total. The van der Waals surface area contributed by atoms with Gasteiger partial charge in [-0.2, -0.15) is 5.06 Å². The lowest BCUT2D eigenvalue weighted by molar-refractivity contribution is -0.181. The van der Waals surface area contributed by atoms with Crippen molar-refractivity contribution in [1.82, 2.24) is 14.9 Å². The van der Waals surface area contributed by atoms with Crippen molar-refractivity contribution in [3.05, 3.63) is 30.1 Å². The van der Waals surface area contributed by atoms with Crippen LogP contribution in [0.2, 0.25) is 0 Å². The van der Waals surface area contributed by atoms with E-state index in [2.05, 4.69) is 4.98 Å². The number of hydrogen-bond donors (Lipinski definition) is 1. The number of likely N-dealkylation sites (tertiary alicyclic amines) is 1. The van der Waals surface area contributed by atoms with Gasteiger partial charge in [0.25, 0.3) is 5.91 Å². The summed E-state index contributed by atoms with van der Waals surface area (Å²) in [5, 5.41) is 1.76. The number of pyridine rings is 1. The van der Waals surface area contributed by atoms with Crippen LogP contribution in [0.25, 0.3) is 0 Å². The lowest BCUT2D eigenvalue weighted by Gasteiger charge is -2.32. The maximum absolute atomic E-state index is 13.4. The number of aromatic nitrogens is 1. The number of carbonyl (C=O) groups excluding carboxylic acids is 3.